The first-order valence-electron chi connectivity index (χ1n) is 4.60. The maximum Gasteiger partial charge on any atom is 0.423 e. The van der Waals surface area contributed by atoms with Crippen molar-refractivity contribution in [3.05, 3.63) is 29.4 Å². The maximum absolute atomic E-state index is 13.1. The van der Waals surface area contributed by atoms with Crippen molar-refractivity contribution in [2.45, 2.75) is 19.2 Å². The quantitative estimate of drug-likeness (QED) is 0.790. The summed E-state index contributed by atoms with van der Waals surface area (Å²) >= 11 is 0. The molecule has 1 N–H and O–H groups in total. The van der Waals surface area contributed by atoms with Crippen molar-refractivity contribution in [1.29, 1.82) is 0 Å². The van der Waals surface area contributed by atoms with Crippen LogP contribution in [0.4, 0.5) is 17.6 Å². The van der Waals surface area contributed by atoms with E-state index in [1.54, 1.807) is 0 Å². The SMILES string of the molecule is Cc1cc2oc(C(O)C(F)(F)F)nc2cc1F. The van der Waals surface area contributed by atoms with E-state index in [0.717, 1.165) is 6.07 Å². The molecule has 1 heterocycles. The van der Waals surface area contributed by atoms with Crippen molar-refractivity contribution in [1.82, 2.24) is 4.98 Å². The molecule has 0 aliphatic rings. The molecule has 7 heteroatoms. The fraction of sp³-hybridized carbons (Fsp3) is 0.300. The summed E-state index contributed by atoms with van der Waals surface area (Å²) in [6.45, 7) is 1.44. The lowest BCUT2D eigenvalue weighted by Crippen LogP contribution is -2.20. The van der Waals surface area contributed by atoms with Crippen molar-refractivity contribution in [3.63, 3.8) is 0 Å². The van der Waals surface area contributed by atoms with Crippen LogP contribution in [0.5, 0.6) is 0 Å². The highest BCUT2D eigenvalue weighted by molar-refractivity contribution is 5.73. The predicted molar refractivity (Wildman–Crippen MR) is 49.7 cm³/mol. The Hall–Kier alpha value is -1.63. The first-order valence-corrected chi connectivity index (χ1v) is 4.60. The number of oxazole rings is 1. The van der Waals surface area contributed by atoms with Crippen LogP contribution in [-0.2, 0) is 0 Å². The average molecular weight is 249 g/mol. The molecule has 3 nitrogen and oxygen atoms in total. The van der Waals surface area contributed by atoms with Crippen LogP contribution in [0.25, 0.3) is 11.1 Å². The van der Waals surface area contributed by atoms with E-state index in [1.165, 1.54) is 13.0 Å². The molecule has 0 bridgehead atoms. The molecule has 92 valence electrons. The lowest BCUT2D eigenvalue weighted by atomic mass is 10.2. The fourth-order valence-corrected chi connectivity index (χ4v) is 1.32. The average Bonchev–Trinajstić information content (AvgIpc) is 2.59. The molecule has 0 spiro atoms. The second-order valence-electron chi connectivity index (χ2n) is 3.57. The first-order chi connectivity index (χ1) is 7.79. The molecule has 0 saturated heterocycles. The normalized spacial score (nSPS) is 14.2. The van der Waals surface area contributed by atoms with Crippen LogP contribution in [0.3, 0.4) is 0 Å². The number of rotatable bonds is 1. The number of aryl methyl sites for hydroxylation is 1. The molecule has 1 aromatic carbocycles. The molecule has 1 atom stereocenters. The van der Waals surface area contributed by atoms with Gasteiger partial charge in [-0.25, -0.2) is 9.37 Å². The van der Waals surface area contributed by atoms with Gasteiger partial charge in [0.05, 0.1) is 0 Å². The standard InChI is InChI=1S/C10H7F4NO2/c1-4-2-7-6(3-5(4)11)15-9(17-7)8(16)10(12,13)14/h2-3,8,16H,1H3. The van der Waals surface area contributed by atoms with E-state index >= 15 is 0 Å². The van der Waals surface area contributed by atoms with Crippen LogP contribution >= 0.6 is 0 Å². The van der Waals surface area contributed by atoms with Gasteiger partial charge in [-0.1, -0.05) is 0 Å². The number of hydrogen-bond donors (Lipinski definition) is 1. The van der Waals surface area contributed by atoms with Gasteiger partial charge >= 0.3 is 6.18 Å². The Balaban J connectivity index is 2.52. The van der Waals surface area contributed by atoms with Gasteiger partial charge in [0, 0.05) is 6.07 Å². The summed E-state index contributed by atoms with van der Waals surface area (Å²) in [4.78, 5) is 3.40. The maximum atomic E-state index is 13.1. The third kappa shape index (κ3) is 2.10. The molecular weight excluding hydrogens is 242 g/mol. The largest absolute Gasteiger partial charge is 0.437 e. The van der Waals surface area contributed by atoms with E-state index in [4.69, 9.17) is 9.52 Å². The van der Waals surface area contributed by atoms with Gasteiger partial charge in [0.2, 0.25) is 12.0 Å². The van der Waals surface area contributed by atoms with E-state index in [1.807, 2.05) is 0 Å². The summed E-state index contributed by atoms with van der Waals surface area (Å²) < 4.78 is 54.5. The van der Waals surface area contributed by atoms with E-state index in [2.05, 4.69) is 4.98 Å². The highest BCUT2D eigenvalue weighted by Crippen LogP contribution is 2.33. The summed E-state index contributed by atoms with van der Waals surface area (Å²) in [5.74, 6) is -1.49. The summed E-state index contributed by atoms with van der Waals surface area (Å²) in [5.41, 5.74) is 0.162. The lowest BCUT2D eigenvalue weighted by molar-refractivity contribution is -0.212. The summed E-state index contributed by atoms with van der Waals surface area (Å²) in [7, 11) is 0. The Morgan fingerprint density at radius 1 is 1.35 bits per heavy atom. The van der Waals surface area contributed by atoms with Crippen molar-refractivity contribution in [2.24, 2.45) is 0 Å². The van der Waals surface area contributed by atoms with Crippen LogP contribution in [0.2, 0.25) is 0 Å². The van der Waals surface area contributed by atoms with Gasteiger partial charge in [-0.05, 0) is 18.6 Å². The van der Waals surface area contributed by atoms with Crippen molar-refractivity contribution in [3.8, 4) is 0 Å². The van der Waals surface area contributed by atoms with Crippen molar-refractivity contribution < 1.29 is 27.1 Å². The minimum absolute atomic E-state index is 0.00204. The van der Waals surface area contributed by atoms with Gasteiger partial charge in [0.15, 0.2) is 5.58 Å². The number of alkyl halides is 3. The third-order valence-electron chi connectivity index (χ3n) is 2.23. The molecule has 0 radical (unpaired) electrons. The molecule has 0 saturated carbocycles. The molecule has 0 amide bonds. The second kappa shape index (κ2) is 3.69. The number of aromatic nitrogens is 1. The second-order valence-corrected chi connectivity index (χ2v) is 3.57. The molecule has 17 heavy (non-hydrogen) atoms. The summed E-state index contributed by atoms with van der Waals surface area (Å²) in [6, 6.07) is 2.19. The van der Waals surface area contributed by atoms with Crippen LogP contribution in [-0.4, -0.2) is 16.3 Å². The van der Waals surface area contributed by atoms with Crippen LogP contribution < -0.4 is 0 Å². The van der Waals surface area contributed by atoms with Gasteiger partial charge in [-0.2, -0.15) is 13.2 Å². The fourth-order valence-electron chi connectivity index (χ4n) is 1.32. The zero-order chi connectivity index (χ0) is 12.8. The summed E-state index contributed by atoms with van der Waals surface area (Å²) in [5, 5.41) is 8.92. The van der Waals surface area contributed by atoms with Gasteiger partial charge in [-0.15, -0.1) is 0 Å². The smallest absolute Gasteiger partial charge is 0.423 e. The number of benzene rings is 1. The lowest BCUT2D eigenvalue weighted by Gasteiger charge is -2.09. The number of halogens is 4. The number of aliphatic hydroxyl groups is 1. The zero-order valence-corrected chi connectivity index (χ0v) is 8.55. The molecule has 1 aromatic heterocycles. The van der Waals surface area contributed by atoms with E-state index in [0.29, 0.717) is 0 Å². The van der Waals surface area contributed by atoms with Gasteiger partial charge in [-0.3, -0.25) is 0 Å². The predicted octanol–water partition coefficient (Wildman–Crippen LogP) is 2.87. The Labute approximate surface area is 92.7 Å². The highest BCUT2D eigenvalue weighted by atomic mass is 19.4. The van der Waals surface area contributed by atoms with Gasteiger partial charge < -0.3 is 9.52 Å². The zero-order valence-electron chi connectivity index (χ0n) is 8.55. The minimum atomic E-state index is -4.87. The molecular formula is C10H7F4NO2. The Kier molecular flexibility index (Phi) is 2.57. The molecule has 0 aliphatic carbocycles. The molecule has 0 aliphatic heterocycles. The van der Waals surface area contributed by atoms with Gasteiger partial charge in [0.25, 0.3) is 0 Å². The Morgan fingerprint density at radius 2 is 2.00 bits per heavy atom. The van der Waals surface area contributed by atoms with Crippen LogP contribution in [0, 0.1) is 12.7 Å². The van der Waals surface area contributed by atoms with Crippen molar-refractivity contribution in [2.75, 3.05) is 0 Å². The van der Waals surface area contributed by atoms with Crippen LogP contribution in [0.1, 0.15) is 17.6 Å². The number of fused-ring (bicyclic) bond motifs is 1. The monoisotopic (exact) mass is 249 g/mol. The topological polar surface area (TPSA) is 46.3 Å². The molecule has 0 fully saturated rings. The Bertz CT molecular complexity index is 522. The number of hydrogen-bond acceptors (Lipinski definition) is 3. The Morgan fingerprint density at radius 3 is 2.59 bits per heavy atom. The number of nitrogens with zero attached hydrogens (tertiary/aromatic N) is 1. The molecule has 1 unspecified atom stereocenters. The molecule has 2 aromatic rings. The van der Waals surface area contributed by atoms with Crippen molar-refractivity contribution >= 4 is 11.1 Å². The van der Waals surface area contributed by atoms with E-state index in [-0.39, 0.29) is 16.7 Å². The minimum Gasteiger partial charge on any atom is -0.437 e. The number of aliphatic hydroxyl groups excluding tert-OH is 1. The van der Waals surface area contributed by atoms with Crippen LogP contribution in [0.15, 0.2) is 16.5 Å². The summed E-state index contributed by atoms with van der Waals surface area (Å²) in [6.07, 6.45) is -7.67. The van der Waals surface area contributed by atoms with Gasteiger partial charge in [0.1, 0.15) is 11.3 Å². The third-order valence-corrected chi connectivity index (χ3v) is 2.23. The van der Waals surface area contributed by atoms with E-state index in [9.17, 15) is 17.6 Å². The van der Waals surface area contributed by atoms with E-state index < -0.39 is 24.0 Å². The highest BCUT2D eigenvalue weighted by Gasteiger charge is 2.42. The first kappa shape index (κ1) is 11.8. The molecule has 2 rings (SSSR count).